The predicted octanol–water partition coefficient (Wildman–Crippen LogP) is 5.02. The molecular formula is C20H17F6N3O2. The molecule has 0 aliphatic rings. The van der Waals surface area contributed by atoms with E-state index in [1.807, 2.05) is 0 Å². The van der Waals surface area contributed by atoms with Crippen LogP contribution in [0.5, 0.6) is 5.75 Å². The number of ether oxygens (including phenoxy) is 1. The fraction of sp³-hybridized carbons (Fsp3) is 0.300. The molecule has 0 radical (unpaired) electrons. The second-order valence-corrected chi connectivity index (χ2v) is 6.90. The van der Waals surface area contributed by atoms with Gasteiger partial charge in [0, 0.05) is 24.1 Å². The summed E-state index contributed by atoms with van der Waals surface area (Å²) in [5, 5.41) is 3.03. The average molecular weight is 445 g/mol. The van der Waals surface area contributed by atoms with E-state index in [-0.39, 0.29) is 16.8 Å². The van der Waals surface area contributed by atoms with Crippen LogP contribution in [-0.4, -0.2) is 28.2 Å². The van der Waals surface area contributed by atoms with Crippen LogP contribution in [0.2, 0.25) is 0 Å². The van der Waals surface area contributed by atoms with Gasteiger partial charge in [0.15, 0.2) is 6.61 Å². The van der Waals surface area contributed by atoms with E-state index in [4.69, 9.17) is 0 Å². The summed E-state index contributed by atoms with van der Waals surface area (Å²) in [5.41, 5.74) is -0.0222. The SMILES string of the molecule is C[C@@H](NC(=O)c1cn(C)c2cc(C(F)(F)F)ccc12)c1ccc(OCC(F)(F)F)cn1. The van der Waals surface area contributed by atoms with Crippen LogP contribution >= 0.6 is 0 Å². The average Bonchev–Trinajstić information content (AvgIpc) is 3.02. The van der Waals surface area contributed by atoms with Crippen LogP contribution in [0.25, 0.3) is 10.9 Å². The number of aromatic nitrogens is 2. The quantitative estimate of drug-likeness (QED) is 0.561. The molecule has 0 spiro atoms. The van der Waals surface area contributed by atoms with E-state index in [1.165, 1.54) is 36.0 Å². The molecule has 3 aromatic rings. The van der Waals surface area contributed by atoms with Crippen molar-refractivity contribution in [3.63, 3.8) is 0 Å². The maximum absolute atomic E-state index is 12.9. The molecule has 5 nitrogen and oxygen atoms in total. The third-order valence-electron chi connectivity index (χ3n) is 4.52. The van der Waals surface area contributed by atoms with Crippen LogP contribution in [0, 0.1) is 0 Å². The van der Waals surface area contributed by atoms with E-state index < -0.39 is 36.5 Å². The van der Waals surface area contributed by atoms with Crippen molar-refractivity contribution in [1.29, 1.82) is 0 Å². The van der Waals surface area contributed by atoms with E-state index in [0.29, 0.717) is 11.1 Å². The van der Waals surface area contributed by atoms with Crippen molar-refractivity contribution in [3.05, 3.63) is 59.5 Å². The Bertz CT molecular complexity index is 1090. The topological polar surface area (TPSA) is 56.2 Å². The number of amides is 1. The van der Waals surface area contributed by atoms with Gasteiger partial charge < -0.3 is 14.6 Å². The summed E-state index contributed by atoms with van der Waals surface area (Å²) >= 11 is 0. The summed E-state index contributed by atoms with van der Waals surface area (Å²) < 4.78 is 81.4. The molecule has 1 amide bonds. The fourth-order valence-corrected chi connectivity index (χ4v) is 2.99. The Labute approximate surface area is 172 Å². The van der Waals surface area contributed by atoms with Crippen molar-refractivity contribution in [2.24, 2.45) is 7.05 Å². The molecule has 31 heavy (non-hydrogen) atoms. The molecule has 0 fully saturated rings. The van der Waals surface area contributed by atoms with Gasteiger partial charge in [0.05, 0.1) is 29.1 Å². The highest BCUT2D eigenvalue weighted by molar-refractivity contribution is 6.07. The zero-order valence-corrected chi connectivity index (χ0v) is 16.3. The molecule has 1 aromatic carbocycles. The number of nitrogens with one attached hydrogen (secondary N) is 1. The minimum absolute atomic E-state index is 0.0749. The zero-order valence-electron chi connectivity index (χ0n) is 16.3. The number of benzene rings is 1. The van der Waals surface area contributed by atoms with E-state index in [0.717, 1.165) is 18.3 Å². The predicted molar refractivity (Wildman–Crippen MR) is 99.6 cm³/mol. The first-order chi connectivity index (χ1) is 14.3. The first-order valence-electron chi connectivity index (χ1n) is 8.98. The van der Waals surface area contributed by atoms with Gasteiger partial charge in [-0.15, -0.1) is 0 Å². The lowest BCUT2D eigenvalue weighted by atomic mass is 10.1. The summed E-state index contributed by atoms with van der Waals surface area (Å²) in [6.07, 6.45) is -6.44. The number of pyridine rings is 1. The number of rotatable bonds is 5. The lowest BCUT2D eigenvalue weighted by Gasteiger charge is -2.14. The van der Waals surface area contributed by atoms with Crippen LogP contribution in [0.15, 0.2) is 42.7 Å². The number of alkyl halides is 6. The molecule has 1 atom stereocenters. The van der Waals surface area contributed by atoms with Crippen LogP contribution < -0.4 is 10.1 Å². The molecule has 3 rings (SSSR count). The standard InChI is InChI=1S/C20H17F6N3O2/c1-11(16-6-4-13(8-27-16)31-10-19(21,22)23)28-18(30)15-9-29(2)17-7-12(20(24,25)26)3-5-14(15)17/h3-9,11H,10H2,1-2H3,(H,28,30)/t11-/m1/s1. The van der Waals surface area contributed by atoms with Gasteiger partial charge in [-0.2, -0.15) is 26.3 Å². The largest absolute Gasteiger partial charge is 0.483 e. The van der Waals surface area contributed by atoms with Gasteiger partial charge in [0.1, 0.15) is 5.75 Å². The number of nitrogens with zero attached hydrogens (tertiary/aromatic N) is 2. The molecule has 1 N–H and O–H groups in total. The molecule has 0 aliphatic carbocycles. The second-order valence-electron chi connectivity index (χ2n) is 6.90. The number of aryl methyl sites for hydroxylation is 1. The first-order valence-corrected chi connectivity index (χ1v) is 8.98. The molecule has 0 saturated heterocycles. The number of halogens is 6. The van der Waals surface area contributed by atoms with Gasteiger partial charge in [-0.05, 0) is 31.2 Å². The Morgan fingerprint density at radius 3 is 2.45 bits per heavy atom. The summed E-state index contributed by atoms with van der Waals surface area (Å²) in [5.74, 6) is -0.605. The number of hydrogen-bond donors (Lipinski definition) is 1. The van der Waals surface area contributed by atoms with Gasteiger partial charge in [0.2, 0.25) is 0 Å². The molecular weight excluding hydrogens is 428 g/mol. The van der Waals surface area contributed by atoms with Gasteiger partial charge in [-0.3, -0.25) is 9.78 Å². The fourth-order valence-electron chi connectivity index (χ4n) is 2.99. The third kappa shape index (κ3) is 5.28. The highest BCUT2D eigenvalue weighted by Crippen LogP contribution is 2.32. The summed E-state index contributed by atoms with van der Waals surface area (Å²) in [6, 6.07) is 5.21. The summed E-state index contributed by atoms with van der Waals surface area (Å²) in [6.45, 7) is 0.167. The molecule has 0 aliphatic heterocycles. The minimum Gasteiger partial charge on any atom is -0.483 e. The van der Waals surface area contributed by atoms with Gasteiger partial charge >= 0.3 is 12.4 Å². The zero-order chi connectivity index (χ0) is 23.0. The molecule has 11 heteroatoms. The highest BCUT2D eigenvalue weighted by atomic mass is 19.4. The van der Waals surface area contributed by atoms with Crippen molar-refractivity contribution >= 4 is 16.8 Å². The number of carbonyl (C=O) groups is 1. The maximum atomic E-state index is 12.9. The Kier molecular flexibility index (Phi) is 5.88. The van der Waals surface area contributed by atoms with Crippen LogP contribution in [0.4, 0.5) is 26.3 Å². The third-order valence-corrected chi connectivity index (χ3v) is 4.52. The van der Waals surface area contributed by atoms with E-state index in [1.54, 1.807) is 6.92 Å². The Balaban J connectivity index is 1.74. The summed E-state index contributed by atoms with van der Waals surface area (Å²) in [7, 11) is 1.53. The highest BCUT2D eigenvalue weighted by Gasteiger charge is 2.31. The lowest BCUT2D eigenvalue weighted by molar-refractivity contribution is -0.153. The van der Waals surface area contributed by atoms with E-state index in [9.17, 15) is 31.1 Å². The van der Waals surface area contributed by atoms with Gasteiger partial charge in [0.25, 0.3) is 5.91 Å². The van der Waals surface area contributed by atoms with Crippen LogP contribution in [0.1, 0.15) is 34.6 Å². The normalized spacial score (nSPS) is 13.3. The Hall–Kier alpha value is -3.24. The number of hydrogen-bond acceptors (Lipinski definition) is 3. The molecule has 166 valence electrons. The molecule has 2 aromatic heterocycles. The lowest BCUT2D eigenvalue weighted by Crippen LogP contribution is -2.27. The smallest absolute Gasteiger partial charge is 0.422 e. The first kappa shape index (κ1) is 22.4. The monoisotopic (exact) mass is 445 g/mol. The van der Waals surface area contributed by atoms with Crippen molar-refractivity contribution in [3.8, 4) is 5.75 Å². The number of fused-ring (bicyclic) bond motifs is 1. The number of carbonyl (C=O) groups excluding carboxylic acids is 1. The van der Waals surface area contributed by atoms with Gasteiger partial charge in [-0.25, -0.2) is 0 Å². The van der Waals surface area contributed by atoms with Crippen molar-refractivity contribution in [2.45, 2.75) is 25.3 Å². The summed E-state index contributed by atoms with van der Waals surface area (Å²) in [4.78, 5) is 16.7. The van der Waals surface area contributed by atoms with Crippen molar-refractivity contribution in [1.82, 2.24) is 14.9 Å². The van der Waals surface area contributed by atoms with Crippen LogP contribution in [-0.2, 0) is 13.2 Å². The Morgan fingerprint density at radius 1 is 1.16 bits per heavy atom. The molecule has 0 unspecified atom stereocenters. The van der Waals surface area contributed by atoms with Crippen LogP contribution in [0.3, 0.4) is 0 Å². The Morgan fingerprint density at radius 2 is 1.87 bits per heavy atom. The molecule has 0 bridgehead atoms. The van der Waals surface area contributed by atoms with Crippen molar-refractivity contribution in [2.75, 3.05) is 6.61 Å². The van der Waals surface area contributed by atoms with Crippen molar-refractivity contribution < 1.29 is 35.9 Å². The van der Waals surface area contributed by atoms with Gasteiger partial charge in [-0.1, -0.05) is 6.07 Å². The minimum atomic E-state index is -4.50. The van der Waals surface area contributed by atoms with E-state index >= 15 is 0 Å². The maximum Gasteiger partial charge on any atom is 0.422 e. The molecule has 0 saturated carbocycles. The van der Waals surface area contributed by atoms with E-state index in [2.05, 4.69) is 15.0 Å². The molecule has 2 heterocycles. The second kappa shape index (κ2) is 8.12.